The van der Waals surface area contributed by atoms with E-state index in [2.05, 4.69) is 21.2 Å². The molecule has 0 spiro atoms. The van der Waals surface area contributed by atoms with Gasteiger partial charge in [-0.15, -0.1) is 0 Å². The molecule has 0 radical (unpaired) electrons. The number of carboxylic acid groups (broad SMARTS) is 1. The molecule has 1 atom stereocenters. The van der Waals surface area contributed by atoms with E-state index in [9.17, 15) is 14.7 Å². The highest BCUT2D eigenvalue weighted by molar-refractivity contribution is 9.10. The predicted molar refractivity (Wildman–Crippen MR) is 77.7 cm³/mol. The van der Waals surface area contributed by atoms with Gasteiger partial charge in [0, 0.05) is 5.56 Å². The molecular weight excluding hydrogens is 334 g/mol. The van der Waals surface area contributed by atoms with Crippen LogP contribution in [-0.2, 0) is 4.79 Å². The number of benzene rings is 1. The molecule has 7 heteroatoms. The first-order chi connectivity index (χ1) is 8.95. The lowest BCUT2D eigenvalue weighted by Crippen LogP contribution is -2.41. The van der Waals surface area contributed by atoms with Crippen LogP contribution in [0.15, 0.2) is 22.7 Å². The van der Waals surface area contributed by atoms with Crippen molar-refractivity contribution in [2.45, 2.75) is 12.5 Å². The van der Waals surface area contributed by atoms with Crippen LogP contribution in [0.2, 0.25) is 0 Å². The summed E-state index contributed by atoms with van der Waals surface area (Å²) in [5.74, 6) is -1.01. The topological polar surface area (TPSA) is 86.6 Å². The van der Waals surface area contributed by atoms with Crippen LogP contribution in [0.1, 0.15) is 16.8 Å². The Labute approximate surface area is 123 Å². The SMILES string of the molecule is CSCCC(NC(=O)c1ccc(Br)c(O)c1)C(=O)O. The first-order valence-electron chi connectivity index (χ1n) is 5.46. The number of carbonyl (C=O) groups excluding carboxylic acids is 1. The van der Waals surface area contributed by atoms with Crippen molar-refractivity contribution < 1.29 is 19.8 Å². The van der Waals surface area contributed by atoms with Gasteiger partial charge in [-0.25, -0.2) is 4.79 Å². The Hall–Kier alpha value is -1.21. The van der Waals surface area contributed by atoms with Gasteiger partial charge >= 0.3 is 5.97 Å². The van der Waals surface area contributed by atoms with Crippen molar-refractivity contribution in [2.75, 3.05) is 12.0 Å². The van der Waals surface area contributed by atoms with E-state index in [4.69, 9.17) is 5.11 Å². The van der Waals surface area contributed by atoms with Crippen molar-refractivity contribution in [1.29, 1.82) is 0 Å². The van der Waals surface area contributed by atoms with Gasteiger partial charge in [0.15, 0.2) is 0 Å². The average Bonchev–Trinajstić information content (AvgIpc) is 2.37. The van der Waals surface area contributed by atoms with E-state index in [1.54, 1.807) is 0 Å². The maximum atomic E-state index is 11.9. The van der Waals surface area contributed by atoms with E-state index in [1.165, 1.54) is 30.0 Å². The second kappa shape index (κ2) is 7.40. The number of aromatic hydroxyl groups is 1. The van der Waals surface area contributed by atoms with Gasteiger partial charge in [-0.2, -0.15) is 11.8 Å². The highest BCUT2D eigenvalue weighted by Crippen LogP contribution is 2.24. The van der Waals surface area contributed by atoms with E-state index in [0.717, 1.165) is 0 Å². The molecule has 0 aliphatic rings. The minimum Gasteiger partial charge on any atom is -0.507 e. The molecule has 5 nitrogen and oxygen atoms in total. The van der Waals surface area contributed by atoms with Crippen molar-refractivity contribution in [3.8, 4) is 5.75 Å². The molecule has 0 fully saturated rings. The summed E-state index contributed by atoms with van der Waals surface area (Å²) in [6.45, 7) is 0. The first kappa shape index (κ1) is 15.8. The first-order valence-corrected chi connectivity index (χ1v) is 7.65. The summed E-state index contributed by atoms with van der Waals surface area (Å²) in [6, 6.07) is 3.40. The second-order valence-electron chi connectivity index (χ2n) is 3.81. The molecule has 0 aliphatic carbocycles. The molecule has 19 heavy (non-hydrogen) atoms. The number of phenols is 1. The molecule has 1 amide bonds. The molecule has 104 valence electrons. The second-order valence-corrected chi connectivity index (χ2v) is 5.65. The van der Waals surface area contributed by atoms with Crippen LogP contribution in [0.5, 0.6) is 5.75 Å². The Balaban J connectivity index is 2.75. The van der Waals surface area contributed by atoms with Crippen molar-refractivity contribution in [3.05, 3.63) is 28.2 Å². The number of phenolic OH excluding ortho intramolecular Hbond substituents is 1. The van der Waals surface area contributed by atoms with E-state index in [1.807, 2.05) is 6.26 Å². The molecular formula is C12H14BrNO4S. The number of thioether (sulfide) groups is 1. The molecule has 0 saturated carbocycles. The van der Waals surface area contributed by atoms with Crippen LogP contribution < -0.4 is 5.32 Å². The molecule has 1 unspecified atom stereocenters. The number of hydrogen-bond donors (Lipinski definition) is 3. The zero-order chi connectivity index (χ0) is 14.4. The molecule has 0 bridgehead atoms. The Kier molecular flexibility index (Phi) is 6.17. The van der Waals surface area contributed by atoms with Gasteiger partial charge in [0.25, 0.3) is 5.91 Å². The summed E-state index contributed by atoms with van der Waals surface area (Å²) in [4.78, 5) is 22.9. The maximum absolute atomic E-state index is 11.9. The van der Waals surface area contributed by atoms with E-state index < -0.39 is 17.9 Å². The van der Waals surface area contributed by atoms with Crippen LogP contribution in [0, 0.1) is 0 Å². The smallest absolute Gasteiger partial charge is 0.326 e. The molecule has 1 aromatic carbocycles. The van der Waals surface area contributed by atoms with Gasteiger partial charge in [-0.05, 0) is 52.6 Å². The van der Waals surface area contributed by atoms with Crippen LogP contribution >= 0.6 is 27.7 Å². The van der Waals surface area contributed by atoms with Crippen LogP contribution in [0.25, 0.3) is 0 Å². The van der Waals surface area contributed by atoms with Gasteiger partial charge in [0.1, 0.15) is 11.8 Å². The van der Waals surface area contributed by atoms with E-state index in [-0.39, 0.29) is 11.3 Å². The largest absolute Gasteiger partial charge is 0.507 e. The third-order valence-electron chi connectivity index (χ3n) is 2.42. The number of hydrogen-bond acceptors (Lipinski definition) is 4. The molecule has 0 heterocycles. The van der Waals surface area contributed by atoms with Crippen LogP contribution in [0.3, 0.4) is 0 Å². The summed E-state index contributed by atoms with van der Waals surface area (Å²) in [5, 5.41) is 20.9. The van der Waals surface area contributed by atoms with E-state index >= 15 is 0 Å². The summed E-state index contributed by atoms with van der Waals surface area (Å²) in [5.41, 5.74) is 0.219. The highest BCUT2D eigenvalue weighted by Gasteiger charge is 2.20. The third-order valence-corrected chi connectivity index (χ3v) is 3.74. The van der Waals surface area contributed by atoms with Crippen molar-refractivity contribution in [2.24, 2.45) is 0 Å². The van der Waals surface area contributed by atoms with Crippen LogP contribution in [0.4, 0.5) is 0 Å². The summed E-state index contributed by atoms with van der Waals surface area (Å²) >= 11 is 4.62. The zero-order valence-corrected chi connectivity index (χ0v) is 12.6. The Morgan fingerprint density at radius 3 is 2.68 bits per heavy atom. The summed E-state index contributed by atoms with van der Waals surface area (Å²) < 4.78 is 0.473. The summed E-state index contributed by atoms with van der Waals surface area (Å²) in [7, 11) is 0. The monoisotopic (exact) mass is 347 g/mol. The minimum absolute atomic E-state index is 0.0661. The third kappa shape index (κ3) is 4.76. The number of halogens is 1. The quantitative estimate of drug-likeness (QED) is 0.733. The van der Waals surface area contributed by atoms with Gasteiger partial charge in [-0.1, -0.05) is 0 Å². The minimum atomic E-state index is -1.07. The van der Waals surface area contributed by atoms with Gasteiger partial charge in [-0.3, -0.25) is 4.79 Å². The Morgan fingerprint density at radius 1 is 1.47 bits per heavy atom. The number of nitrogens with one attached hydrogen (secondary N) is 1. The number of aliphatic carboxylic acids is 1. The normalized spacial score (nSPS) is 11.9. The van der Waals surface area contributed by atoms with Crippen molar-refractivity contribution in [3.63, 3.8) is 0 Å². The standard InChI is InChI=1S/C12H14BrNO4S/c1-19-5-4-9(12(17)18)14-11(16)7-2-3-8(13)10(15)6-7/h2-3,6,9,15H,4-5H2,1H3,(H,14,16)(H,17,18). The molecule has 1 rings (SSSR count). The Bertz CT molecular complexity index is 481. The number of amides is 1. The maximum Gasteiger partial charge on any atom is 0.326 e. The molecule has 1 aromatic rings. The van der Waals surface area contributed by atoms with Gasteiger partial charge in [0.05, 0.1) is 4.47 Å². The van der Waals surface area contributed by atoms with Gasteiger partial charge < -0.3 is 15.5 Å². The fraction of sp³-hybridized carbons (Fsp3) is 0.333. The van der Waals surface area contributed by atoms with Crippen molar-refractivity contribution in [1.82, 2.24) is 5.32 Å². The number of carbonyl (C=O) groups is 2. The van der Waals surface area contributed by atoms with Gasteiger partial charge in [0.2, 0.25) is 0 Å². The fourth-order valence-corrected chi connectivity index (χ4v) is 2.11. The average molecular weight is 348 g/mol. The predicted octanol–water partition coefficient (Wildman–Crippen LogP) is 2.09. The van der Waals surface area contributed by atoms with Crippen LogP contribution in [-0.4, -0.2) is 40.1 Å². The highest BCUT2D eigenvalue weighted by atomic mass is 79.9. The van der Waals surface area contributed by atoms with Crippen molar-refractivity contribution >= 4 is 39.6 Å². The summed E-state index contributed by atoms with van der Waals surface area (Å²) in [6.07, 6.45) is 2.22. The Morgan fingerprint density at radius 2 is 2.16 bits per heavy atom. The molecule has 0 saturated heterocycles. The lowest BCUT2D eigenvalue weighted by molar-refractivity contribution is -0.139. The van der Waals surface area contributed by atoms with E-state index in [0.29, 0.717) is 16.6 Å². The zero-order valence-electron chi connectivity index (χ0n) is 10.2. The molecule has 0 aliphatic heterocycles. The number of carboxylic acids is 1. The molecule has 0 aromatic heterocycles. The fourth-order valence-electron chi connectivity index (χ4n) is 1.39. The molecule has 3 N–H and O–H groups in total. The lowest BCUT2D eigenvalue weighted by atomic mass is 10.1. The number of rotatable bonds is 6. The lowest BCUT2D eigenvalue weighted by Gasteiger charge is -2.14.